The molecule has 1 unspecified atom stereocenters. The summed E-state index contributed by atoms with van der Waals surface area (Å²) in [5, 5.41) is 9.02. The summed E-state index contributed by atoms with van der Waals surface area (Å²) >= 11 is 0. The van der Waals surface area contributed by atoms with E-state index in [2.05, 4.69) is 30.1 Å². The molecule has 0 bridgehead atoms. The Kier molecular flexibility index (Phi) is 4.84. The molecule has 0 aromatic rings. The summed E-state index contributed by atoms with van der Waals surface area (Å²) in [5.41, 5.74) is 1.37. The van der Waals surface area contributed by atoms with Gasteiger partial charge in [-0.1, -0.05) is 11.6 Å². The zero-order valence-corrected chi connectivity index (χ0v) is 9.29. The second-order valence-corrected chi connectivity index (χ2v) is 4.06. The fourth-order valence-corrected chi connectivity index (χ4v) is 1.72. The van der Waals surface area contributed by atoms with E-state index < -0.39 is 0 Å². The van der Waals surface area contributed by atoms with Crippen LogP contribution in [-0.2, 0) is 0 Å². The van der Waals surface area contributed by atoms with Crippen molar-refractivity contribution in [3.8, 4) is 0 Å². The molecular weight excluding hydrogens is 174 g/mol. The van der Waals surface area contributed by atoms with Crippen LogP contribution in [0.1, 0.15) is 20.3 Å². The molecule has 3 N–H and O–H groups in total. The van der Waals surface area contributed by atoms with E-state index in [0.717, 1.165) is 32.6 Å². The maximum Gasteiger partial charge on any atom is 0.154 e. The number of nitrogens with two attached hydrogens (primary N) is 1. The standard InChI is InChI=1S/C11H21N3/c1-10(2)3-4-11(9-12)14-7-5-13-6-8-14/h3,9,11-13H,4-8H2,1-2H3/p+1. The molecule has 3 heteroatoms. The summed E-state index contributed by atoms with van der Waals surface area (Å²) in [6.45, 7) is 8.64. The largest absolute Gasteiger partial charge is 0.314 e. The number of nitrogens with zero attached hydrogens (tertiary/aromatic N) is 1. The molecule has 0 spiro atoms. The molecule has 0 aromatic heterocycles. The maximum absolute atomic E-state index is 5.67. The van der Waals surface area contributed by atoms with Gasteiger partial charge in [0.1, 0.15) is 0 Å². The van der Waals surface area contributed by atoms with Gasteiger partial charge in [0.25, 0.3) is 0 Å². The molecule has 0 saturated carbocycles. The Morgan fingerprint density at radius 3 is 2.57 bits per heavy atom. The highest BCUT2D eigenvalue weighted by molar-refractivity contribution is 5.58. The number of nitrogens with one attached hydrogen (secondary N) is 1. The monoisotopic (exact) mass is 196 g/mol. The molecule has 0 aliphatic carbocycles. The molecule has 1 heterocycles. The second kappa shape index (κ2) is 5.94. The van der Waals surface area contributed by atoms with Crippen LogP contribution in [0.3, 0.4) is 0 Å². The van der Waals surface area contributed by atoms with E-state index in [-0.39, 0.29) is 0 Å². The van der Waals surface area contributed by atoms with Crippen LogP contribution in [0.15, 0.2) is 11.6 Å². The molecule has 1 atom stereocenters. The third-order valence-electron chi connectivity index (χ3n) is 2.61. The predicted octanol–water partition coefficient (Wildman–Crippen LogP) is -0.554. The Morgan fingerprint density at radius 2 is 2.07 bits per heavy atom. The Hall–Kier alpha value is -0.670. The van der Waals surface area contributed by atoms with Crippen molar-refractivity contribution >= 4 is 6.21 Å². The summed E-state index contributed by atoms with van der Waals surface area (Å²) in [6, 6.07) is 0.409. The van der Waals surface area contributed by atoms with E-state index in [1.165, 1.54) is 5.57 Å². The zero-order chi connectivity index (χ0) is 10.4. The van der Waals surface area contributed by atoms with Crippen molar-refractivity contribution in [3.05, 3.63) is 11.6 Å². The van der Waals surface area contributed by atoms with Gasteiger partial charge in [-0.3, -0.25) is 10.3 Å². The first kappa shape index (κ1) is 11.4. The van der Waals surface area contributed by atoms with Crippen molar-refractivity contribution < 1.29 is 5.41 Å². The van der Waals surface area contributed by atoms with E-state index >= 15 is 0 Å². The third kappa shape index (κ3) is 3.60. The molecule has 80 valence electrons. The highest BCUT2D eigenvalue weighted by atomic mass is 15.2. The summed E-state index contributed by atoms with van der Waals surface area (Å²) in [7, 11) is 0. The summed E-state index contributed by atoms with van der Waals surface area (Å²) in [6.07, 6.45) is 5.12. The fourth-order valence-electron chi connectivity index (χ4n) is 1.72. The lowest BCUT2D eigenvalue weighted by molar-refractivity contribution is -0.112. The molecule has 1 aliphatic rings. The van der Waals surface area contributed by atoms with Gasteiger partial charge in [0.05, 0.1) is 6.04 Å². The van der Waals surface area contributed by atoms with E-state index in [0.29, 0.717) is 6.04 Å². The van der Waals surface area contributed by atoms with Gasteiger partial charge < -0.3 is 5.32 Å². The molecule has 1 fully saturated rings. The third-order valence-corrected chi connectivity index (χ3v) is 2.61. The highest BCUT2D eigenvalue weighted by Crippen LogP contribution is 2.05. The summed E-state index contributed by atoms with van der Waals surface area (Å²) in [5.74, 6) is 0. The van der Waals surface area contributed by atoms with Crippen LogP contribution in [-0.4, -0.2) is 43.3 Å². The molecule has 1 saturated heterocycles. The number of hydrogen-bond acceptors (Lipinski definition) is 2. The second-order valence-electron chi connectivity index (χ2n) is 4.06. The molecule has 1 rings (SSSR count). The summed E-state index contributed by atoms with van der Waals surface area (Å²) in [4.78, 5) is 2.44. The van der Waals surface area contributed by atoms with Crippen molar-refractivity contribution in [1.82, 2.24) is 10.2 Å². The summed E-state index contributed by atoms with van der Waals surface area (Å²) < 4.78 is 0. The average Bonchev–Trinajstić information content (AvgIpc) is 2.20. The average molecular weight is 196 g/mol. The van der Waals surface area contributed by atoms with Crippen LogP contribution in [0, 0.1) is 0 Å². The minimum atomic E-state index is 0.409. The van der Waals surface area contributed by atoms with Crippen LogP contribution in [0.5, 0.6) is 0 Å². The van der Waals surface area contributed by atoms with Gasteiger partial charge in [-0.15, -0.1) is 0 Å². The molecule has 1 aliphatic heterocycles. The lowest BCUT2D eigenvalue weighted by atomic mass is 10.1. The van der Waals surface area contributed by atoms with E-state index in [4.69, 9.17) is 5.41 Å². The molecule has 3 nitrogen and oxygen atoms in total. The molecule has 0 amide bonds. The van der Waals surface area contributed by atoms with Gasteiger partial charge in [-0.2, -0.15) is 0 Å². The smallest absolute Gasteiger partial charge is 0.154 e. The maximum atomic E-state index is 5.67. The van der Waals surface area contributed by atoms with Crippen molar-refractivity contribution in [3.63, 3.8) is 0 Å². The fraction of sp³-hybridized carbons (Fsp3) is 0.727. The first-order valence-corrected chi connectivity index (χ1v) is 5.37. The minimum absolute atomic E-state index is 0.409. The van der Waals surface area contributed by atoms with Gasteiger partial charge in [-0.05, 0) is 20.3 Å². The Balaban J connectivity index is 2.43. The Morgan fingerprint density at radius 1 is 1.43 bits per heavy atom. The van der Waals surface area contributed by atoms with Gasteiger partial charge in [0, 0.05) is 26.2 Å². The number of hydrogen-bond donors (Lipinski definition) is 2. The lowest BCUT2D eigenvalue weighted by Crippen LogP contribution is -2.52. The molecule has 0 radical (unpaired) electrons. The van der Waals surface area contributed by atoms with Crippen molar-refractivity contribution in [2.45, 2.75) is 26.3 Å². The Labute approximate surface area is 86.7 Å². The first-order valence-electron chi connectivity index (χ1n) is 5.37. The number of rotatable bonds is 4. The van der Waals surface area contributed by atoms with E-state index in [1.807, 2.05) is 6.21 Å². The molecule has 0 aromatic carbocycles. The van der Waals surface area contributed by atoms with E-state index in [9.17, 15) is 0 Å². The van der Waals surface area contributed by atoms with Crippen molar-refractivity contribution in [2.24, 2.45) is 0 Å². The predicted molar refractivity (Wildman–Crippen MR) is 60.3 cm³/mol. The number of allylic oxidation sites excluding steroid dienone is 1. The molecular formula is C11H22N3+. The van der Waals surface area contributed by atoms with Crippen LogP contribution in [0.2, 0.25) is 0 Å². The van der Waals surface area contributed by atoms with Crippen LogP contribution in [0.4, 0.5) is 0 Å². The molecule has 14 heavy (non-hydrogen) atoms. The van der Waals surface area contributed by atoms with Crippen molar-refractivity contribution in [1.29, 1.82) is 0 Å². The van der Waals surface area contributed by atoms with Crippen LogP contribution >= 0.6 is 0 Å². The zero-order valence-electron chi connectivity index (χ0n) is 9.29. The van der Waals surface area contributed by atoms with Gasteiger partial charge in [0.2, 0.25) is 0 Å². The number of piperazine rings is 1. The first-order chi connectivity index (χ1) is 6.74. The topological polar surface area (TPSA) is 40.9 Å². The van der Waals surface area contributed by atoms with Gasteiger partial charge in [-0.25, -0.2) is 0 Å². The van der Waals surface area contributed by atoms with Crippen molar-refractivity contribution in [2.75, 3.05) is 26.2 Å². The highest BCUT2D eigenvalue weighted by Gasteiger charge is 2.18. The Bertz CT molecular complexity index is 201. The lowest BCUT2D eigenvalue weighted by Gasteiger charge is -2.30. The van der Waals surface area contributed by atoms with Gasteiger partial charge in [0.15, 0.2) is 6.21 Å². The SMILES string of the molecule is CC(C)=CCC(C=[NH2+])N1CCNCC1. The quantitative estimate of drug-likeness (QED) is 0.468. The van der Waals surface area contributed by atoms with Crippen LogP contribution in [0.25, 0.3) is 0 Å². The van der Waals surface area contributed by atoms with Crippen LogP contribution < -0.4 is 10.7 Å². The van der Waals surface area contributed by atoms with Gasteiger partial charge >= 0.3 is 0 Å². The minimum Gasteiger partial charge on any atom is -0.314 e. The van der Waals surface area contributed by atoms with E-state index in [1.54, 1.807) is 0 Å². The normalized spacial score (nSPS) is 20.1.